The summed E-state index contributed by atoms with van der Waals surface area (Å²) >= 11 is 5.75. The van der Waals surface area contributed by atoms with E-state index in [2.05, 4.69) is 5.32 Å². The molecule has 1 heterocycles. The number of rotatable bonds is 4. The van der Waals surface area contributed by atoms with Gasteiger partial charge in [-0.3, -0.25) is 4.79 Å². The molecule has 1 fully saturated rings. The second-order valence-electron chi connectivity index (χ2n) is 5.47. The molecule has 1 N–H and O–H groups in total. The number of halogens is 2. The Morgan fingerprint density at radius 2 is 2.30 bits per heavy atom. The van der Waals surface area contributed by atoms with Gasteiger partial charge in [-0.2, -0.15) is 0 Å². The number of hydrogen-bond donors (Lipinski definition) is 1. The van der Waals surface area contributed by atoms with Crippen molar-refractivity contribution >= 4 is 17.5 Å². The minimum absolute atomic E-state index is 0.0152. The van der Waals surface area contributed by atoms with Crippen molar-refractivity contribution in [1.82, 2.24) is 10.2 Å². The van der Waals surface area contributed by atoms with Gasteiger partial charge < -0.3 is 10.2 Å². The highest BCUT2D eigenvalue weighted by Crippen LogP contribution is 2.19. The fourth-order valence-electron chi connectivity index (χ4n) is 2.47. The van der Waals surface area contributed by atoms with Crippen LogP contribution in [-0.2, 0) is 0 Å². The Balaban J connectivity index is 2.15. The third-order valence-electron chi connectivity index (χ3n) is 3.63. The summed E-state index contributed by atoms with van der Waals surface area (Å²) < 4.78 is 13.2. The molecule has 1 atom stereocenters. The number of carbonyl (C=O) groups excluding carboxylic acids is 1. The quantitative estimate of drug-likeness (QED) is 0.926. The lowest BCUT2D eigenvalue weighted by atomic mass is 10.1. The van der Waals surface area contributed by atoms with Gasteiger partial charge >= 0.3 is 0 Å². The van der Waals surface area contributed by atoms with Gasteiger partial charge in [0.15, 0.2) is 0 Å². The lowest BCUT2D eigenvalue weighted by Gasteiger charge is -2.29. The first-order chi connectivity index (χ1) is 9.49. The van der Waals surface area contributed by atoms with Gasteiger partial charge in [-0.25, -0.2) is 4.39 Å². The lowest BCUT2D eigenvalue weighted by Crippen LogP contribution is -2.44. The molecule has 1 saturated heterocycles. The first kappa shape index (κ1) is 15.3. The van der Waals surface area contributed by atoms with Gasteiger partial charge in [0.05, 0.1) is 5.02 Å². The van der Waals surface area contributed by atoms with Crippen LogP contribution in [0.15, 0.2) is 18.2 Å². The summed E-state index contributed by atoms with van der Waals surface area (Å²) in [5.74, 6) is -0.604. The Morgan fingerprint density at radius 1 is 1.55 bits per heavy atom. The topological polar surface area (TPSA) is 32.3 Å². The van der Waals surface area contributed by atoms with Crippen LogP contribution >= 0.6 is 11.6 Å². The molecule has 20 heavy (non-hydrogen) atoms. The van der Waals surface area contributed by atoms with Gasteiger partial charge in [0, 0.05) is 24.2 Å². The lowest BCUT2D eigenvalue weighted by molar-refractivity contribution is 0.0689. The van der Waals surface area contributed by atoms with E-state index < -0.39 is 5.82 Å². The Kier molecular flexibility index (Phi) is 5.00. The number of carbonyl (C=O) groups is 1. The first-order valence-electron chi connectivity index (χ1n) is 6.98. The Labute approximate surface area is 124 Å². The van der Waals surface area contributed by atoms with E-state index in [1.807, 2.05) is 18.7 Å². The van der Waals surface area contributed by atoms with Crippen molar-refractivity contribution < 1.29 is 9.18 Å². The smallest absolute Gasteiger partial charge is 0.254 e. The third kappa shape index (κ3) is 3.49. The van der Waals surface area contributed by atoms with Crippen LogP contribution in [-0.4, -0.2) is 36.0 Å². The fourth-order valence-corrected chi connectivity index (χ4v) is 2.65. The van der Waals surface area contributed by atoms with E-state index in [4.69, 9.17) is 11.6 Å². The van der Waals surface area contributed by atoms with Crippen molar-refractivity contribution in [2.24, 2.45) is 0 Å². The Hall–Kier alpha value is -1.13. The average Bonchev–Trinajstić information content (AvgIpc) is 2.91. The highest BCUT2D eigenvalue weighted by molar-refractivity contribution is 6.31. The van der Waals surface area contributed by atoms with E-state index in [0.717, 1.165) is 19.4 Å². The van der Waals surface area contributed by atoms with Crippen molar-refractivity contribution in [3.63, 3.8) is 0 Å². The van der Waals surface area contributed by atoms with Crippen molar-refractivity contribution in [2.75, 3.05) is 13.1 Å². The SMILES string of the molecule is CC(C)N(CC1CCCN1)C(=O)c1ccc(F)c(Cl)c1. The zero-order valence-corrected chi connectivity index (χ0v) is 12.6. The maximum Gasteiger partial charge on any atom is 0.254 e. The summed E-state index contributed by atoms with van der Waals surface area (Å²) in [5, 5.41) is 3.37. The summed E-state index contributed by atoms with van der Waals surface area (Å²) in [6.07, 6.45) is 2.23. The van der Waals surface area contributed by atoms with Gasteiger partial charge in [0.1, 0.15) is 5.82 Å². The minimum atomic E-state index is -0.503. The number of hydrogen-bond acceptors (Lipinski definition) is 2. The van der Waals surface area contributed by atoms with Crippen molar-refractivity contribution in [3.05, 3.63) is 34.6 Å². The number of nitrogens with one attached hydrogen (secondary N) is 1. The molecule has 2 rings (SSSR count). The minimum Gasteiger partial charge on any atom is -0.335 e. The predicted octanol–water partition coefficient (Wildman–Crippen LogP) is 3.08. The molecule has 1 aliphatic heterocycles. The van der Waals surface area contributed by atoms with Crippen molar-refractivity contribution in [3.8, 4) is 0 Å². The van der Waals surface area contributed by atoms with E-state index in [1.54, 1.807) is 0 Å². The standard InChI is InChI=1S/C15H20ClFN2O/c1-10(2)19(9-12-4-3-7-18-12)15(20)11-5-6-14(17)13(16)8-11/h5-6,8,10,12,18H,3-4,7,9H2,1-2H3. The Bertz CT molecular complexity index is 487. The molecule has 1 aromatic carbocycles. The largest absolute Gasteiger partial charge is 0.335 e. The molecule has 1 amide bonds. The third-order valence-corrected chi connectivity index (χ3v) is 3.92. The average molecular weight is 299 g/mol. The summed E-state index contributed by atoms with van der Waals surface area (Å²) in [4.78, 5) is 14.4. The maximum absolute atomic E-state index is 13.2. The monoisotopic (exact) mass is 298 g/mol. The van der Waals surface area contributed by atoms with E-state index in [1.165, 1.54) is 18.2 Å². The zero-order chi connectivity index (χ0) is 14.7. The number of nitrogens with zero attached hydrogens (tertiary/aromatic N) is 1. The maximum atomic E-state index is 13.2. The number of amides is 1. The Morgan fingerprint density at radius 3 is 2.85 bits per heavy atom. The highest BCUT2D eigenvalue weighted by atomic mass is 35.5. The molecule has 110 valence electrons. The molecule has 1 aromatic rings. The van der Waals surface area contributed by atoms with Crippen LogP contribution in [0.5, 0.6) is 0 Å². The van der Waals surface area contributed by atoms with Gasteiger partial charge in [-0.05, 0) is 51.4 Å². The van der Waals surface area contributed by atoms with E-state index in [-0.39, 0.29) is 17.0 Å². The predicted molar refractivity (Wildman–Crippen MR) is 78.6 cm³/mol. The van der Waals surface area contributed by atoms with Crippen LogP contribution < -0.4 is 5.32 Å². The van der Waals surface area contributed by atoms with Crippen LogP contribution in [0.25, 0.3) is 0 Å². The van der Waals surface area contributed by atoms with Crippen LogP contribution in [0.2, 0.25) is 5.02 Å². The second-order valence-corrected chi connectivity index (χ2v) is 5.88. The van der Waals surface area contributed by atoms with Gasteiger partial charge in [-0.15, -0.1) is 0 Å². The van der Waals surface area contributed by atoms with Gasteiger partial charge in [-0.1, -0.05) is 11.6 Å². The molecule has 0 bridgehead atoms. The molecule has 0 saturated carbocycles. The number of benzene rings is 1. The molecule has 1 aliphatic rings. The molecule has 5 heteroatoms. The van der Waals surface area contributed by atoms with Crippen LogP contribution in [0.1, 0.15) is 37.0 Å². The van der Waals surface area contributed by atoms with Gasteiger partial charge in [0.2, 0.25) is 0 Å². The van der Waals surface area contributed by atoms with E-state index in [0.29, 0.717) is 18.2 Å². The molecule has 1 unspecified atom stereocenters. The van der Waals surface area contributed by atoms with Crippen LogP contribution in [0, 0.1) is 5.82 Å². The molecular formula is C15H20ClFN2O. The molecule has 0 aromatic heterocycles. The zero-order valence-electron chi connectivity index (χ0n) is 11.8. The summed E-state index contributed by atoms with van der Waals surface area (Å²) in [6, 6.07) is 4.56. The normalized spacial score (nSPS) is 18.6. The second kappa shape index (κ2) is 6.55. The van der Waals surface area contributed by atoms with Crippen molar-refractivity contribution in [2.45, 2.75) is 38.8 Å². The first-order valence-corrected chi connectivity index (χ1v) is 7.36. The summed E-state index contributed by atoms with van der Waals surface area (Å²) in [7, 11) is 0. The molecule has 3 nitrogen and oxygen atoms in total. The molecule has 0 aliphatic carbocycles. The van der Waals surface area contributed by atoms with Crippen LogP contribution in [0.4, 0.5) is 4.39 Å². The van der Waals surface area contributed by atoms with E-state index >= 15 is 0 Å². The molecule has 0 radical (unpaired) electrons. The van der Waals surface area contributed by atoms with Crippen molar-refractivity contribution in [1.29, 1.82) is 0 Å². The summed E-state index contributed by atoms with van der Waals surface area (Å²) in [6.45, 7) is 5.65. The highest BCUT2D eigenvalue weighted by Gasteiger charge is 2.24. The molecular weight excluding hydrogens is 279 g/mol. The molecule has 0 spiro atoms. The fraction of sp³-hybridized carbons (Fsp3) is 0.533. The van der Waals surface area contributed by atoms with Gasteiger partial charge in [0.25, 0.3) is 5.91 Å². The van der Waals surface area contributed by atoms with Crippen LogP contribution in [0.3, 0.4) is 0 Å². The summed E-state index contributed by atoms with van der Waals surface area (Å²) in [5.41, 5.74) is 0.433. The van der Waals surface area contributed by atoms with E-state index in [9.17, 15) is 9.18 Å².